The van der Waals surface area contributed by atoms with Crippen LogP contribution in [0.1, 0.15) is 0 Å². The first-order valence-electron chi connectivity index (χ1n) is 5.56. The Morgan fingerprint density at radius 3 is 2.78 bits per heavy atom. The number of halogens is 1. The van der Waals surface area contributed by atoms with Crippen LogP contribution in [-0.2, 0) is 0 Å². The van der Waals surface area contributed by atoms with Crippen molar-refractivity contribution in [3.05, 3.63) is 23.4 Å². The molecule has 0 aliphatic carbocycles. The van der Waals surface area contributed by atoms with Gasteiger partial charge in [0, 0.05) is 12.2 Å². The van der Waals surface area contributed by atoms with Crippen molar-refractivity contribution in [2.75, 3.05) is 33.0 Å². The molecular formula is C12H15ClN4O. The van der Waals surface area contributed by atoms with Crippen LogP contribution in [0, 0.1) is 0 Å². The van der Waals surface area contributed by atoms with E-state index in [-0.39, 0.29) is 5.15 Å². The summed E-state index contributed by atoms with van der Waals surface area (Å²) in [5.41, 5.74) is 7.72. The number of fused-ring (bicyclic) bond motifs is 1. The minimum atomic E-state index is 0.269. The number of rotatable bonds is 4. The molecule has 0 aliphatic heterocycles. The normalized spacial score (nSPS) is 11.1. The Balaban J connectivity index is 2.24. The third kappa shape index (κ3) is 3.00. The van der Waals surface area contributed by atoms with Gasteiger partial charge in [-0.15, -0.1) is 0 Å². The van der Waals surface area contributed by atoms with Gasteiger partial charge in [-0.3, -0.25) is 0 Å². The van der Waals surface area contributed by atoms with Gasteiger partial charge < -0.3 is 15.4 Å². The number of benzene rings is 1. The summed E-state index contributed by atoms with van der Waals surface area (Å²) in [4.78, 5) is 10.6. The second kappa shape index (κ2) is 5.37. The topological polar surface area (TPSA) is 64.3 Å². The van der Waals surface area contributed by atoms with E-state index >= 15 is 0 Å². The molecule has 2 N–H and O–H groups in total. The standard InChI is InChI=1S/C12H15ClN4O/c1-17(2)5-6-18-12-11(13)15-9-4-3-8(14)7-10(9)16-12/h3-4,7H,5-6,14H2,1-2H3. The highest BCUT2D eigenvalue weighted by molar-refractivity contribution is 6.31. The molecule has 0 amide bonds. The van der Waals surface area contributed by atoms with Gasteiger partial charge >= 0.3 is 0 Å². The Labute approximate surface area is 111 Å². The quantitative estimate of drug-likeness (QED) is 0.855. The maximum atomic E-state index is 6.01. The monoisotopic (exact) mass is 266 g/mol. The van der Waals surface area contributed by atoms with Crippen molar-refractivity contribution in [2.45, 2.75) is 0 Å². The maximum absolute atomic E-state index is 6.01. The van der Waals surface area contributed by atoms with Crippen LogP contribution in [0.2, 0.25) is 5.15 Å². The molecule has 18 heavy (non-hydrogen) atoms. The summed E-state index contributed by atoms with van der Waals surface area (Å²) in [7, 11) is 3.94. The Hall–Kier alpha value is -1.59. The van der Waals surface area contributed by atoms with Crippen LogP contribution in [0.4, 0.5) is 5.69 Å². The highest BCUT2D eigenvalue weighted by atomic mass is 35.5. The third-order valence-electron chi connectivity index (χ3n) is 2.39. The minimum absolute atomic E-state index is 0.269. The maximum Gasteiger partial charge on any atom is 0.252 e. The van der Waals surface area contributed by atoms with Crippen LogP contribution < -0.4 is 10.5 Å². The van der Waals surface area contributed by atoms with Gasteiger partial charge in [0.1, 0.15) is 6.61 Å². The Morgan fingerprint density at radius 1 is 1.28 bits per heavy atom. The van der Waals surface area contributed by atoms with E-state index in [2.05, 4.69) is 9.97 Å². The fourth-order valence-electron chi connectivity index (χ4n) is 1.45. The van der Waals surface area contributed by atoms with E-state index in [9.17, 15) is 0 Å². The van der Waals surface area contributed by atoms with E-state index < -0.39 is 0 Å². The minimum Gasteiger partial charge on any atom is -0.474 e. The lowest BCUT2D eigenvalue weighted by Gasteiger charge is -2.11. The van der Waals surface area contributed by atoms with Gasteiger partial charge in [-0.1, -0.05) is 11.6 Å². The highest BCUT2D eigenvalue weighted by Crippen LogP contribution is 2.24. The van der Waals surface area contributed by atoms with Crippen molar-refractivity contribution in [3.63, 3.8) is 0 Å². The SMILES string of the molecule is CN(C)CCOc1nc2cc(N)ccc2nc1Cl. The molecule has 96 valence electrons. The number of nitrogen functional groups attached to an aromatic ring is 1. The van der Waals surface area contributed by atoms with Gasteiger partial charge in [-0.2, -0.15) is 0 Å². The van der Waals surface area contributed by atoms with Gasteiger partial charge in [-0.05, 0) is 32.3 Å². The molecule has 2 aromatic rings. The second-order valence-corrected chi connectivity index (χ2v) is 4.58. The molecule has 2 rings (SSSR count). The van der Waals surface area contributed by atoms with Crippen molar-refractivity contribution in [3.8, 4) is 5.88 Å². The average Bonchev–Trinajstić information content (AvgIpc) is 2.30. The van der Waals surface area contributed by atoms with Gasteiger partial charge in [0.15, 0.2) is 5.15 Å². The van der Waals surface area contributed by atoms with E-state index in [0.29, 0.717) is 29.2 Å². The zero-order valence-corrected chi connectivity index (χ0v) is 11.1. The number of hydrogen-bond acceptors (Lipinski definition) is 5. The number of ether oxygens (including phenoxy) is 1. The zero-order valence-electron chi connectivity index (χ0n) is 10.4. The summed E-state index contributed by atoms with van der Waals surface area (Å²) in [6, 6.07) is 5.30. The molecule has 0 aliphatic rings. The largest absolute Gasteiger partial charge is 0.474 e. The number of aromatic nitrogens is 2. The Kier molecular flexibility index (Phi) is 3.84. The molecule has 1 aromatic carbocycles. The first-order valence-corrected chi connectivity index (χ1v) is 5.94. The van der Waals surface area contributed by atoms with Gasteiger partial charge in [0.2, 0.25) is 0 Å². The van der Waals surface area contributed by atoms with E-state index in [0.717, 1.165) is 6.54 Å². The van der Waals surface area contributed by atoms with Crippen LogP contribution in [0.3, 0.4) is 0 Å². The fourth-order valence-corrected chi connectivity index (χ4v) is 1.64. The predicted molar refractivity (Wildman–Crippen MR) is 73.0 cm³/mol. The van der Waals surface area contributed by atoms with Gasteiger partial charge in [0.05, 0.1) is 11.0 Å². The predicted octanol–water partition coefficient (Wildman–Crippen LogP) is 1.81. The van der Waals surface area contributed by atoms with Crippen molar-refractivity contribution < 1.29 is 4.74 Å². The van der Waals surface area contributed by atoms with Crippen molar-refractivity contribution in [1.82, 2.24) is 14.9 Å². The first kappa shape index (κ1) is 12.9. The van der Waals surface area contributed by atoms with E-state index in [1.165, 1.54) is 0 Å². The lowest BCUT2D eigenvalue weighted by molar-refractivity contribution is 0.254. The molecule has 0 atom stereocenters. The Morgan fingerprint density at radius 2 is 2.06 bits per heavy atom. The van der Waals surface area contributed by atoms with Gasteiger partial charge in [0.25, 0.3) is 5.88 Å². The number of nitrogens with zero attached hydrogens (tertiary/aromatic N) is 3. The van der Waals surface area contributed by atoms with Crippen LogP contribution in [-0.4, -0.2) is 42.1 Å². The number of anilines is 1. The lowest BCUT2D eigenvalue weighted by Crippen LogP contribution is -2.19. The summed E-state index contributed by atoms with van der Waals surface area (Å²) < 4.78 is 5.51. The number of nitrogens with two attached hydrogens (primary N) is 1. The molecule has 1 aromatic heterocycles. The average molecular weight is 267 g/mol. The summed E-state index contributed by atoms with van der Waals surface area (Å²) in [5, 5.41) is 0.269. The van der Waals surface area contributed by atoms with Crippen LogP contribution >= 0.6 is 11.6 Å². The first-order chi connectivity index (χ1) is 8.56. The van der Waals surface area contributed by atoms with Crippen LogP contribution in [0.5, 0.6) is 5.88 Å². The fraction of sp³-hybridized carbons (Fsp3) is 0.333. The number of likely N-dealkylation sites (N-methyl/N-ethyl adjacent to an activating group) is 1. The van der Waals surface area contributed by atoms with Crippen molar-refractivity contribution in [1.29, 1.82) is 0 Å². The smallest absolute Gasteiger partial charge is 0.252 e. The Bertz CT molecular complexity index is 559. The summed E-state index contributed by atoms with van der Waals surface area (Å²) in [6.45, 7) is 1.29. The van der Waals surface area contributed by atoms with E-state index in [1.54, 1.807) is 18.2 Å². The molecule has 1 heterocycles. The van der Waals surface area contributed by atoms with E-state index in [1.807, 2.05) is 19.0 Å². The van der Waals surface area contributed by atoms with E-state index in [4.69, 9.17) is 22.1 Å². The van der Waals surface area contributed by atoms with Crippen molar-refractivity contribution in [2.24, 2.45) is 0 Å². The molecule has 0 fully saturated rings. The molecule has 0 saturated carbocycles. The molecule has 0 unspecified atom stereocenters. The molecule has 0 spiro atoms. The highest BCUT2D eigenvalue weighted by Gasteiger charge is 2.08. The molecule has 0 bridgehead atoms. The van der Waals surface area contributed by atoms with Crippen LogP contribution in [0.15, 0.2) is 18.2 Å². The zero-order chi connectivity index (χ0) is 13.1. The second-order valence-electron chi connectivity index (χ2n) is 4.22. The third-order valence-corrected chi connectivity index (χ3v) is 2.64. The van der Waals surface area contributed by atoms with Crippen LogP contribution in [0.25, 0.3) is 11.0 Å². The lowest BCUT2D eigenvalue weighted by atomic mass is 10.3. The molecule has 6 heteroatoms. The summed E-state index contributed by atoms with van der Waals surface area (Å²) in [5.74, 6) is 0.344. The van der Waals surface area contributed by atoms with Crippen molar-refractivity contribution >= 4 is 28.3 Å². The summed E-state index contributed by atoms with van der Waals surface area (Å²) in [6.07, 6.45) is 0. The molecular weight excluding hydrogens is 252 g/mol. The molecule has 5 nitrogen and oxygen atoms in total. The number of hydrogen-bond donors (Lipinski definition) is 1. The molecule has 0 saturated heterocycles. The van der Waals surface area contributed by atoms with Gasteiger partial charge in [-0.25, -0.2) is 9.97 Å². The molecule has 0 radical (unpaired) electrons. The summed E-state index contributed by atoms with van der Waals surface area (Å²) >= 11 is 6.01.